The highest BCUT2D eigenvalue weighted by Crippen LogP contribution is 2.41. The van der Waals surface area contributed by atoms with E-state index in [9.17, 15) is 0 Å². The fourth-order valence-electron chi connectivity index (χ4n) is 3.67. The van der Waals surface area contributed by atoms with E-state index < -0.39 is 0 Å². The third-order valence-corrected chi connectivity index (χ3v) is 8.58. The van der Waals surface area contributed by atoms with Gasteiger partial charge in [0.25, 0.3) is 0 Å². The van der Waals surface area contributed by atoms with E-state index in [0.29, 0.717) is 0 Å². The highest BCUT2D eigenvalue weighted by Gasteiger charge is 2.19. The smallest absolute Gasteiger partial charge is 0.187 e. The van der Waals surface area contributed by atoms with Crippen LogP contribution in [0, 0.1) is 5.41 Å². The number of thiazole rings is 1. The van der Waals surface area contributed by atoms with Gasteiger partial charge in [-0.1, -0.05) is 28.1 Å². The topological polar surface area (TPSA) is 74.8 Å². The monoisotopic (exact) mass is 548 g/mol. The molecular formula is C22H18BrClN4S3. The maximum absolute atomic E-state index is 7.70. The summed E-state index contributed by atoms with van der Waals surface area (Å²) in [5.74, 6) is 0.0984. The predicted octanol–water partition coefficient (Wildman–Crippen LogP) is 7.38. The Kier molecular flexibility index (Phi) is 6.46. The second kappa shape index (κ2) is 8.96. The van der Waals surface area contributed by atoms with Gasteiger partial charge in [0.2, 0.25) is 0 Å². The van der Waals surface area contributed by atoms with Crippen LogP contribution in [0.25, 0.3) is 22.4 Å². The summed E-state index contributed by atoms with van der Waals surface area (Å²) < 4.78 is 2.24. The standard InChI is InChI=1S/C22H17BrN4S3.ClH/c1-28-21-17(9-19(30-21)20(24)25)18-10-29-22(27-18)26-14-3-5-16-12(8-14)6-11-7-13(23)2-4-15(11)16;/h2-5,7-10H,6H2,1H3,(H3,24,25)(H,26,27);1H. The van der Waals surface area contributed by atoms with Crippen molar-refractivity contribution in [2.75, 3.05) is 11.6 Å². The normalized spacial score (nSPS) is 11.5. The average molecular weight is 550 g/mol. The maximum Gasteiger partial charge on any atom is 0.187 e. The Morgan fingerprint density at radius 1 is 1.13 bits per heavy atom. The number of nitrogens with zero attached hydrogens (tertiary/aromatic N) is 1. The third-order valence-electron chi connectivity index (χ3n) is 5.02. The molecule has 31 heavy (non-hydrogen) atoms. The van der Waals surface area contributed by atoms with Crippen LogP contribution in [0.1, 0.15) is 16.0 Å². The number of anilines is 2. The van der Waals surface area contributed by atoms with Gasteiger partial charge < -0.3 is 11.1 Å². The van der Waals surface area contributed by atoms with E-state index in [1.165, 1.54) is 33.6 Å². The summed E-state index contributed by atoms with van der Waals surface area (Å²) in [7, 11) is 0. The molecule has 5 rings (SSSR count). The number of fused-ring (bicyclic) bond motifs is 3. The van der Waals surface area contributed by atoms with Gasteiger partial charge in [-0.15, -0.1) is 46.8 Å². The highest BCUT2D eigenvalue weighted by atomic mass is 79.9. The molecule has 0 aliphatic heterocycles. The van der Waals surface area contributed by atoms with Crippen LogP contribution < -0.4 is 11.1 Å². The van der Waals surface area contributed by atoms with Crippen molar-refractivity contribution >= 4 is 79.4 Å². The molecule has 0 saturated heterocycles. The lowest BCUT2D eigenvalue weighted by Crippen LogP contribution is -2.08. The Balaban J connectivity index is 0.00000231. The van der Waals surface area contributed by atoms with Gasteiger partial charge in [0.05, 0.1) is 14.8 Å². The van der Waals surface area contributed by atoms with Crippen molar-refractivity contribution in [1.82, 2.24) is 4.98 Å². The van der Waals surface area contributed by atoms with Gasteiger partial charge in [-0.3, -0.25) is 5.41 Å². The molecule has 2 heterocycles. The summed E-state index contributed by atoms with van der Waals surface area (Å²) in [6.07, 6.45) is 2.98. The summed E-state index contributed by atoms with van der Waals surface area (Å²) in [5, 5.41) is 14.1. The van der Waals surface area contributed by atoms with Gasteiger partial charge in [-0.05, 0) is 65.3 Å². The highest BCUT2D eigenvalue weighted by molar-refractivity contribution is 9.10. The molecule has 0 fully saturated rings. The van der Waals surface area contributed by atoms with Gasteiger partial charge in [-0.25, -0.2) is 4.98 Å². The second-order valence-electron chi connectivity index (χ2n) is 6.94. The SMILES string of the molecule is CSc1sc(C(=N)N)cc1-c1csc(Nc2ccc3c(c2)Cc2cc(Br)ccc2-3)n1.Cl. The number of benzene rings is 2. The maximum atomic E-state index is 7.70. The fourth-order valence-corrected chi connectivity index (χ4v) is 6.56. The van der Waals surface area contributed by atoms with Crippen LogP contribution in [0.4, 0.5) is 10.8 Å². The van der Waals surface area contributed by atoms with E-state index in [2.05, 4.69) is 63.0 Å². The van der Waals surface area contributed by atoms with Gasteiger partial charge >= 0.3 is 0 Å². The van der Waals surface area contributed by atoms with Crippen molar-refractivity contribution in [2.24, 2.45) is 5.73 Å². The molecule has 0 unspecified atom stereocenters. The van der Waals surface area contributed by atoms with Gasteiger partial charge in [0.1, 0.15) is 5.84 Å². The largest absolute Gasteiger partial charge is 0.383 e. The molecule has 0 atom stereocenters. The first-order chi connectivity index (χ1) is 14.5. The predicted molar refractivity (Wildman–Crippen MR) is 141 cm³/mol. The quantitative estimate of drug-likeness (QED) is 0.121. The molecule has 4 aromatic rings. The Hall–Kier alpha value is -1.84. The van der Waals surface area contributed by atoms with Crippen LogP contribution in [0.5, 0.6) is 0 Å². The number of thioether (sulfide) groups is 1. The third kappa shape index (κ3) is 4.27. The van der Waals surface area contributed by atoms with Gasteiger partial charge in [-0.2, -0.15) is 0 Å². The van der Waals surface area contributed by atoms with E-state index in [1.807, 2.05) is 12.3 Å². The summed E-state index contributed by atoms with van der Waals surface area (Å²) in [6, 6.07) is 15.0. The van der Waals surface area contributed by atoms with Crippen LogP contribution in [0.15, 0.2) is 56.5 Å². The Morgan fingerprint density at radius 2 is 1.87 bits per heavy atom. The number of nitrogens with two attached hydrogens (primary N) is 1. The van der Waals surface area contributed by atoms with E-state index >= 15 is 0 Å². The van der Waals surface area contributed by atoms with Gasteiger partial charge in [0, 0.05) is 21.1 Å². The average Bonchev–Trinajstić information content (AvgIpc) is 3.43. The van der Waals surface area contributed by atoms with Crippen molar-refractivity contribution in [1.29, 1.82) is 5.41 Å². The van der Waals surface area contributed by atoms with E-state index in [-0.39, 0.29) is 18.2 Å². The number of rotatable bonds is 5. The molecule has 2 aromatic carbocycles. The number of thiophene rings is 1. The minimum absolute atomic E-state index is 0. The Bertz CT molecular complexity index is 1300. The number of aromatic nitrogens is 1. The van der Waals surface area contributed by atoms with Crippen LogP contribution in [-0.2, 0) is 6.42 Å². The minimum atomic E-state index is 0. The summed E-state index contributed by atoms with van der Waals surface area (Å²) in [4.78, 5) is 5.56. The van der Waals surface area contributed by atoms with Crippen LogP contribution in [0.2, 0.25) is 0 Å². The Labute approximate surface area is 207 Å². The molecule has 158 valence electrons. The number of hydrogen-bond acceptors (Lipinski definition) is 6. The molecule has 0 saturated carbocycles. The fraction of sp³-hybridized carbons (Fsp3) is 0.0909. The number of nitrogen functional groups attached to an aromatic ring is 1. The second-order valence-corrected chi connectivity index (χ2v) is 10.8. The molecule has 0 radical (unpaired) electrons. The summed E-state index contributed by atoms with van der Waals surface area (Å²) in [5.41, 5.74) is 14.0. The van der Waals surface area contributed by atoms with Crippen molar-refractivity contribution in [2.45, 2.75) is 10.6 Å². The first-order valence-corrected chi connectivity index (χ1v) is 12.9. The minimum Gasteiger partial charge on any atom is -0.383 e. The molecule has 0 bridgehead atoms. The zero-order valence-corrected chi connectivity index (χ0v) is 21.2. The zero-order valence-electron chi connectivity index (χ0n) is 16.4. The number of amidine groups is 1. The first kappa shape index (κ1) is 22.4. The number of hydrogen-bond donors (Lipinski definition) is 3. The summed E-state index contributed by atoms with van der Waals surface area (Å²) >= 11 is 8.35. The van der Waals surface area contributed by atoms with Crippen molar-refractivity contribution in [3.8, 4) is 22.4 Å². The molecule has 4 N–H and O–H groups in total. The molecule has 1 aliphatic carbocycles. The van der Waals surface area contributed by atoms with Gasteiger partial charge in [0.15, 0.2) is 5.13 Å². The van der Waals surface area contributed by atoms with Crippen molar-refractivity contribution < 1.29 is 0 Å². The van der Waals surface area contributed by atoms with E-state index in [0.717, 1.165) is 42.1 Å². The Morgan fingerprint density at radius 3 is 2.61 bits per heavy atom. The molecule has 2 aromatic heterocycles. The molecule has 9 heteroatoms. The summed E-state index contributed by atoms with van der Waals surface area (Å²) in [6.45, 7) is 0. The molecular weight excluding hydrogens is 532 g/mol. The first-order valence-electron chi connectivity index (χ1n) is 9.18. The van der Waals surface area contributed by atoms with Crippen LogP contribution >= 0.6 is 62.8 Å². The molecule has 0 spiro atoms. The van der Waals surface area contributed by atoms with Crippen molar-refractivity contribution in [3.63, 3.8) is 0 Å². The molecule has 1 aliphatic rings. The lowest BCUT2D eigenvalue weighted by Gasteiger charge is -2.06. The molecule has 4 nitrogen and oxygen atoms in total. The van der Waals surface area contributed by atoms with Crippen molar-refractivity contribution in [3.05, 3.63) is 68.3 Å². The number of halogens is 2. The zero-order chi connectivity index (χ0) is 20.8. The van der Waals surface area contributed by atoms with Crippen LogP contribution in [0.3, 0.4) is 0 Å². The number of nitrogens with one attached hydrogen (secondary N) is 2. The molecule has 0 amide bonds. The van der Waals surface area contributed by atoms with E-state index in [4.69, 9.17) is 16.1 Å². The lowest BCUT2D eigenvalue weighted by atomic mass is 10.1. The lowest BCUT2D eigenvalue weighted by molar-refractivity contribution is 1.26. The van der Waals surface area contributed by atoms with Crippen LogP contribution in [-0.4, -0.2) is 17.1 Å². The van der Waals surface area contributed by atoms with E-state index in [1.54, 1.807) is 23.1 Å².